The summed E-state index contributed by atoms with van der Waals surface area (Å²) in [4.78, 5) is 19.5. The van der Waals surface area contributed by atoms with E-state index in [9.17, 15) is 4.79 Å². The lowest BCUT2D eigenvalue weighted by atomic mass is 10.1. The molecule has 1 amide bonds. The normalized spacial score (nSPS) is 13.7. The molecule has 0 N–H and O–H groups in total. The number of methoxy groups -OCH3 is 2. The molecule has 0 bridgehead atoms. The zero-order chi connectivity index (χ0) is 16.4. The van der Waals surface area contributed by atoms with Crippen molar-refractivity contribution in [3.05, 3.63) is 39.8 Å². The number of nitrogens with zero attached hydrogens (tertiary/aromatic N) is 2. The summed E-state index contributed by atoms with van der Waals surface area (Å²) in [7, 11) is 3.13. The Morgan fingerprint density at radius 1 is 1.30 bits per heavy atom. The van der Waals surface area contributed by atoms with Crippen LogP contribution in [0.15, 0.2) is 23.6 Å². The molecule has 1 aromatic heterocycles. The molecule has 1 fully saturated rings. The molecule has 1 saturated carbocycles. The molecule has 0 aliphatic heterocycles. The van der Waals surface area contributed by atoms with Crippen molar-refractivity contribution in [2.75, 3.05) is 14.2 Å². The molecule has 1 aromatic carbocycles. The summed E-state index contributed by atoms with van der Waals surface area (Å²) in [6.45, 7) is 2.50. The highest BCUT2D eigenvalue weighted by molar-refractivity contribution is 7.09. The maximum absolute atomic E-state index is 13.1. The van der Waals surface area contributed by atoms with E-state index < -0.39 is 0 Å². The van der Waals surface area contributed by atoms with Gasteiger partial charge in [0, 0.05) is 11.4 Å². The van der Waals surface area contributed by atoms with E-state index in [4.69, 9.17) is 9.47 Å². The Hall–Kier alpha value is -2.08. The molecule has 0 spiro atoms. The van der Waals surface area contributed by atoms with Gasteiger partial charge < -0.3 is 14.4 Å². The van der Waals surface area contributed by atoms with Gasteiger partial charge in [-0.05, 0) is 31.9 Å². The van der Waals surface area contributed by atoms with E-state index >= 15 is 0 Å². The van der Waals surface area contributed by atoms with Crippen molar-refractivity contribution >= 4 is 17.2 Å². The van der Waals surface area contributed by atoms with Crippen LogP contribution in [-0.4, -0.2) is 36.1 Å². The molecule has 122 valence electrons. The van der Waals surface area contributed by atoms with Gasteiger partial charge in [0.05, 0.1) is 31.5 Å². The van der Waals surface area contributed by atoms with E-state index in [1.807, 2.05) is 23.3 Å². The third-order valence-corrected chi connectivity index (χ3v) is 4.71. The predicted octanol–water partition coefficient (Wildman–Crippen LogP) is 3.27. The van der Waals surface area contributed by atoms with Crippen LogP contribution < -0.4 is 9.47 Å². The molecule has 0 unspecified atom stereocenters. The predicted molar refractivity (Wildman–Crippen MR) is 89.3 cm³/mol. The highest BCUT2D eigenvalue weighted by atomic mass is 32.1. The molecular weight excluding hydrogens is 312 g/mol. The van der Waals surface area contributed by atoms with Crippen molar-refractivity contribution in [3.63, 3.8) is 0 Å². The Balaban J connectivity index is 1.93. The molecule has 0 atom stereocenters. The molecule has 1 heterocycles. The van der Waals surface area contributed by atoms with Gasteiger partial charge in [0.15, 0.2) is 0 Å². The van der Waals surface area contributed by atoms with Gasteiger partial charge >= 0.3 is 0 Å². The van der Waals surface area contributed by atoms with Crippen molar-refractivity contribution < 1.29 is 14.3 Å². The number of aromatic nitrogens is 1. The lowest BCUT2D eigenvalue weighted by Gasteiger charge is -2.23. The molecule has 5 nitrogen and oxygen atoms in total. The third kappa shape index (κ3) is 3.32. The fraction of sp³-hybridized carbons (Fsp3) is 0.412. The second-order valence-corrected chi connectivity index (χ2v) is 6.62. The Bertz CT molecular complexity index is 687. The third-order valence-electron chi connectivity index (χ3n) is 3.89. The van der Waals surface area contributed by atoms with Gasteiger partial charge in [-0.1, -0.05) is 6.07 Å². The number of ether oxygens (including phenoxy) is 2. The summed E-state index contributed by atoms with van der Waals surface area (Å²) in [5, 5.41) is 3.02. The maximum Gasteiger partial charge on any atom is 0.262 e. The van der Waals surface area contributed by atoms with Crippen LogP contribution in [0.3, 0.4) is 0 Å². The number of amides is 1. The highest BCUT2D eigenvalue weighted by Gasteiger charge is 2.35. The molecule has 6 heteroatoms. The number of hydrogen-bond donors (Lipinski definition) is 0. The number of hydrogen-bond acceptors (Lipinski definition) is 5. The number of benzene rings is 1. The first kappa shape index (κ1) is 15.8. The average Bonchev–Trinajstić information content (AvgIpc) is 3.33. The van der Waals surface area contributed by atoms with Crippen molar-refractivity contribution in [2.24, 2.45) is 0 Å². The highest BCUT2D eigenvalue weighted by Crippen LogP contribution is 2.35. The number of carbonyl (C=O) groups excluding carboxylic acids is 1. The van der Waals surface area contributed by atoms with E-state index in [0.717, 1.165) is 23.5 Å². The van der Waals surface area contributed by atoms with E-state index in [1.165, 1.54) is 0 Å². The Kier molecular flexibility index (Phi) is 4.52. The van der Waals surface area contributed by atoms with Crippen molar-refractivity contribution in [3.8, 4) is 11.5 Å². The van der Waals surface area contributed by atoms with Crippen molar-refractivity contribution in [1.29, 1.82) is 0 Å². The van der Waals surface area contributed by atoms with Gasteiger partial charge in [0.25, 0.3) is 5.91 Å². The van der Waals surface area contributed by atoms with Crippen LogP contribution in [-0.2, 0) is 6.54 Å². The second-order valence-electron chi connectivity index (χ2n) is 5.56. The molecule has 0 radical (unpaired) electrons. The number of carbonyl (C=O) groups is 1. The molecule has 1 aliphatic rings. The summed E-state index contributed by atoms with van der Waals surface area (Å²) in [5.74, 6) is 1.01. The fourth-order valence-electron chi connectivity index (χ4n) is 2.61. The van der Waals surface area contributed by atoms with E-state index in [0.29, 0.717) is 23.6 Å². The number of aryl methyl sites for hydroxylation is 1. The maximum atomic E-state index is 13.1. The van der Waals surface area contributed by atoms with Crippen molar-refractivity contribution in [2.45, 2.75) is 32.4 Å². The van der Waals surface area contributed by atoms with E-state index in [1.54, 1.807) is 37.7 Å². The molecule has 23 heavy (non-hydrogen) atoms. The lowest BCUT2D eigenvalue weighted by Crippen LogP contribution is -2.33. The van der Waals surface area contributed by atoms with Crippen LogP contribution in [0.1, 0.15) is 33.9 Å². The van der Waals surface area contributed by atoms with Crippen molar-refractivity contribution in [1.82, 2.24) is 9.88 Å². The minimum absolute atomic E-state index is 0.0625. The molecule has 1 aliphatic carbocycles. The molecular formula is C17H20N2O3S. The Labute approximate surface area is 139 Å². The van der Waals surface area contributed by atoms with Crippen LogP contribution in [0.4, 0.5) is 0 Å². The van der Waals surface area contributed by atoms with E-state index in [2.05, 4.69) is 4.98 Å². The van der Waals surface area contributed by atoms with Gasteiger partial charge in [0.2, 0.25) is 0 Å². The fourth-order valence-corrected chi connectivity index (χ4v) is 3.22. The zero-order valence-electron chi connectivity index (χ0n) is 13.5. The minimum Gasteiger partial charge on any atom is -0.496 e. The van der Waals surface area contributed by atoms with Crippen LogP contribution >= 0.6 is 11.3 Å². The van der Waals surface area contributed by atoms with Gasteiger partial charge in [-0.2, -0.15) is 0 Å². The standard InChI is InChI=1S/C17H20N2O3S/c1-11-18-12(10-23-11)9-19(13-7-8-13)17(20)16-14(21-2)5-4-6-15(16)22-3/h4-6,10,13H,7-9H2,1-3H3. The molecule has 0 saturated heterocycles. The van der Waals surface area contributed by atoms with Crippen LogP contribution in [0.5, 0.6) is 11.5 Å². The summed E-state index contributed by atoms with van der Waals surface area (Å²) in [6, 6.07) is 5.67. The van der Waals surface area contributed by atoms with Gasteiger partial charge in [-0.3, -0.25) is 4.79 Å². The quantitative estimate of drug-likeness (QED) is 0.815. The molecule has 2 aromatic rings. The molecule has 3 rings (SSSR count). The summed E-state index contributed by atoms with van der Waals surface area (Å²) in [5.41, 5.74) is 1.41. The van der Waals surface area contributed by atoms with Gasteiger partial charge in [-0.25, -0.2) is 4.98 Å². The largest absolute Gasteiger partial charge is 0.496 e. The lowest BCUT2D eigenvalue weighted by molar-refractivity contribution is 0.0721. The Morgan fingerprint density at radius 3 is 2.43 bits per heavy atom. The zero-order valence-corrected chi connectivity index (χ0v) is 14.4. The van der Waals surface area contributed by atoms with Crippen LogP contribution in [0.25, 0.3) is 0 Å². The monoisotopic (exact) mass is 332 g/mol. The first-order valence-electron chi connectivity index (χ1n) is 7.57. The van der Waals surface area contributed by atoms with E-state index in [-0.39, 0.29) is 11.9 Å². The minimum atomic E-state index is -0.0625. The summed E-state index contributed by atoms with van der Waals surface area (Å²) in [6.07, 6.45) is 2.07. The van der Waals surface area contributed by atoms with Crippen LogP contribution in [0, 0.1) is 6.92 Å². The SMILES string of the molecule is COc1cccc(OC)c1C(=O)N(Cc1csc(C)n1)C1CC1. The summed E-state index contributed by atoms with van der Waals surface area (Å²) >= 11 is 1.60. The summed E-state index contributed by atoms with van der Waals surface area (Å²) < 4.78 is 10.7. The smallest absolute Gasteiger partial charge is 0.262 e. The average molecular weight is 332 g/mol. The van der Waals surface area contributed by atoms with Gasteiger partial charge in [0.1, 0.15) is 17.1 Å². The second kappa shape index (κ2) is 6.58. The van der Waals surface area contributed by atoms with Gasteiger partial charge in [-0.15, -0.1) is 11.3 Å². The van der Waals surface area contributed by atoms with Crippen LogP contribution in [0.2, 0.25) is 0 Å². The first-order valence-corrected chi connectivity index (χ1v) is 8.45. The Morgan fingerprint density at radius 2 is 1.96 bits per heavy atom. The number of thiazole rings is 1. The number of rotatable bonds is 6. The topological polar surface area (TPSA) is 51.7 Å². The first-order chi connectivity index (χ1) is 11.1.